The average molecular weight is 371 g/mol. The van der Waals surface area contributed by atoms with Gasteiger partial charge in [-0.2, -0.15) is 0 Å². The first-order valence-electron chi connectivity index (χ1n) is 9.88. The molecule has 0 saturated carbocycles. The molecular weight excluding hydrogens is 332 g/mol. The predicted molar refractivity (Wildman–Crippen MR) is 123 cm³/mol. The Balaban J connectivity index is 3.55. The molecule has 0 radical (unpaired) electrons. The molecule has 0 aromatic carbocycles. The summed E-state index contributed by atoms with van der Waals surface area (Å²) >= 11 is 1.88. The van der Waals surface area contributed by atoms with Gasteiger partial charge in [0, 0.05) is 4.91 Å². The topological polar surface area (TPSA) is 0 Å². The molecule has 0 bridgehead atoms. The van der Waals surface area contributed by atoms with Crippen molar-refractivity contribution in [3.8, 4) is 0 Å². The zero-order valence-corrected chi connectivity index (χ0v) is 19.0. The van der Waals surface area contributed by atoms with Crippen molar-refractivity contribution in [2.45, 2.75) is 67.7 Å². The van der Waals surface area contributed by atoms with Crippen molar-refractivity contribution in [1.29, 1.82) is 0 Å². The molecule has 0 heterocycles. The van der Waals surface area contributed by atoms with E-state index in [4.69, 9.17) is 0 Å². The van der Waals surface area contributed by atoms with Gasteiger partial charge in [-0.25, -0.2) is 0 Å². The fraction of sp³-hybridized carbons (Fsp3) is 0.520. The highest BCUT2D eigenvalue weighted by atomic mass is 32.2. The van der Waals surface area contributed by atoms with E-state index in [-0.39, 0.29) is 5.41 Å². The van der Waals surface area contributed by atoms with Gasteiger partial charge in [-0.05, 0) is 81.3 Å². The van der Waals surface area contributed by atoms with Crippen LogP contribution in [-0.4, -0.2) is 6.26 Å². The van der Waals surface area contributed by atoms with Crippen molar-refractivity contribution in [2.75, 3.05) is 6.26 Å². The molecule has 0 nitrogen and oxygen atoms in total. The fourth-order valence-corrected chi connectivity index (χ4v) is 4.94. The monoisotopic (exact) mass is 370 g/mol. The van der Waals surface area contributed by atoms with Crippen LogP contribution in [0.15, 0.2) is 69.7 Å². The highest BCUT2D eigenvalue weighted by Gasteiger charge is 2.37. The number of thioether (sulfide) groups is 1. The van der Waals surface area contributed by atoms with E-state index < -0.39 is 0 Å². The second-order valence-corrected chi connectivity index (χ2v) is 8.51. The molecule has 0 spiro atoms. The van der Waals surface area contributed by atoms with E-state index in [0.29, 0.717) is 5.92 Å². The first kappa shape index (κ1) is 22.8. The van der Waals surface area contributed by atoms with E-state index in [9.17, 15) is 0 Å². The van der Waals surface area contributed by atoms with Crippen LogP contribution < -0.4 is 0 Å². The first-order chi connectivity index (χ1) is 12.2. The highest BCUT2D eigenvalue weighted by Crippen LogP contribution is 2.50. The third-order valence-electron chi connectivity index (χ3n) is 5.66. The molecule has 2 unspecified atom stereocenters. The van der Waals surface area contributed by atoms with Crippen LogP contribution in [0.5, 0.6) is 0 Å². The summed E-state index contributed by atoms with van der Waals surface area (Å²) < 4.78 is 0. The minimum Gasteiger partial charge on any atom is -0.129 e. The van der Waals surface area contributed by atoms with Crippen molar-refractivity contribution in [2.24, 2.45) is 11.3 Å². The second kappa shape index (κ2) is 10.2. The maximum atomic E-state index is 4.50. The van der Waals surface area contributed by atoms with E-state index in [2.05, 4.69) is 91.7 Å². The summed E-state index contributed by atoms with van der Waals surface area (Å²) in [6.07, 6.45) is 16.8. The summed E-state index contributed by atoms with van der Waals surface area (Å²) in [6, 6.07) is 0. The van der Waals surface area contributed by atoms with Crippen molar-refractivity contribution < 1.29 is 0 Å². The third-order valence-corrected chi connectivity index (χ3v) is 6.73. The SMILES string of the molecule is C=C(/C=C(C)\C=C/C)C1=C(C)C(SC)=C(C)CC1C(C)(C=CCC)CC. The van der Waals surface area contributed by atoms with Gasteiger partial charge in [-0.3, -0.25) is 0 Å². The van der Waals surface area contributed by atoms with Gasteiger partial charge in [0.25, 0.3) is 0 Å². The van der Waals surface area contributed by atoms with E-state index >= 15 is 0 Å². The van der Waals surface area contributed by atoms with Crippen LogP contribution in [0.25, 0.3) is 0 Å². The number of allylic oxidation sites excluding steroid dienone is 10. The van der Waals surface area contributed by atoms with Crippen LogP contribution in [0.3, 0.4) is 0 Å². The Hall–Kier alpha value is -1.21. The van der Waals surface area contributed by atoms with Crippen LogP contribution in [0.1, 0.15) is 67.7 Å². The molecular formula is C25H38S. The summed E-state index contributed by atoms with van der Waals surface area (Å²) in [5.74, 6) is 0.480. The summed E-state index contributed by atoms with van der Waals surface area (Å²) in [7, 11) is 0. The summed E-state index contributed by atoms with van der Waals surface area (Å²) in [5, 5.41) is 0. The smallest absolute Gasteiger partial charge is 0.00908 e. The predicted octanol–water partition coefficient (Wildman–Crippen LogP) is 8.42. The summed E-state index contributed by atoms with van der Waals surface area (Å²) in [4.78, 5) is 1.45. The maximum Gasteiger partial charge on any atom is 0.00908 e. The highest BCUT2D eigenvalue weighted by molar-refractivity contribution is 8.02. The lowest BCUT2D eigenvalue weighted by Crippen LogP contribution is -2.30. The Kier molecular flexibility index (Phi) is 8.96. The maximum absolute atomic E-state index is 4.50. The van der Waals surface area contributed by atoms with Crippen LogP contribution in [0, 0.1) is 11.3 Å². The standard InChI is InChI=1S/C25H38S/c1-10-13-15-25(8,12-3)22-17-20(6)24(26-9)21(7)23(22)19(5)16-18(4)14-11-2/h11,13-16,22H,5,10,12,17H2,1-4,6-9H3/b14-11-,15-13?,18-16-. The van der Waals surface area contributed by atoms with Gasteiger partial charge in [-0.1, -0.05) is 68.9 Å². The first-order valence-corrected chi connectivity index (χ1v) is 11.1. The molecule has 0 aromatic heterocycles. The van der Waals surface area contributed by atoms with Gasteiger partial charge < -0.3 is 0 Å². The molecule has 2 atom stereocenters. The molecule has 0 fully saturated rings. The fourth-order valence-electron chi connectivity index (χ4n) is 4.09. The lowest BCUT2D eigenvalue weighted by molar-refractivity contribution is 0.279. The Morgan fingerprint density at radius 2 is 1.96 bits per heavy atom. The van der Waals surface area contributed by atoms with Gasteiger partial charge in [-0.15, -0.1) is 11.8 Å². The van der Waals surface area contributed by atoms with E-state index in [0.717, 1.165) is 19.3 Å². The Labute approximate surface area is 166 Å². The second-order valence-electron chi connectivity index (χ2n) is 7.69. The third kappa shape index (κ3) is 5.16. The summed E-state index contributed by atoms with van der Waals surface area (Å²) in [6.45, 7) is 20.3. The van der Waals surface area contributed by atoms with Crippen LogP contribution in [0.4, 0.5) is 0 Å². The van der Waals surface area contributed by atoms with Gasteiger partial charge in [0.1, 0.15) is 0 Å². The largest absolute Gasteiger partial charge is 0.129 e. The molecule has 1 aliphatic rings. The van der Waals surface area contributed by atoms with Crippen molar-refractivity contribution in [3.05, 3.63) is 69.7 Å². The number of hydrogen-bond acceptors (Lipinski definition) is 1. The number of hydrogen-bond donors (Lipinski definition) is 0. The molecule has 0 saturated heterocycles. The molecule has 0 aliphatic heterocycles. The van der Waals surface area contributed by atoms with Gasteiger partial charge >= 0.3 is 0 Å². The normalized spacial score (nSPS) is 21.8. The molecule has 1 heteroatoms. The number of rotatable bonds is 8. The Morgan fingerprint density at radius 3 is 2.46 bits per heavy atom. The molecule has 0 aromatic rings. The average Bonchev–Trinajstić information content (AvgIpc) is 2.59. The van der Waals surface area contributed by atoms with E-state index in [1.54, 1.807) is 0 Å². The Bertz CT molecular complexity index is 666. The van der Waals surface area contributed by atoms with Gasteiger partial charge in [0.05, 0.1) is 0 Å². The minimum absolute atomic E-state index is 0.156. The van der Waals surface area contributed by atoms with Crippen LogP contribution >= 0.6 is 11.8 Å². The van der Waals surface area contributed by atoms with Gasteiger partial charge in [0.2, 0.25) is 0 Å². The lowest BCUT2D eigenvalue weighted by atomic mass is 9.64. The van der Waals surface area contributed by atoms with Crippen LogP contribution in [-0.2, 0) is 0 Å². The van der Waals surface area contributed by atoms with Crippen molar-refractivity contribution >= 4 is 11.8 Å². The van der Waals surface area contributed by atoms with Gasteiger partial charge in [0.15, 0.2) is 0 Å². The lowest BCUT2D eigenvalue weighted by Gasteiger charge is -2.41. The van der Waals surface area contributed by atoms with Crippen molar-refractivity contribution in [1.82, 2.24) is 0 Å². The van der Waals surface area contributed by atoms with Crippen molar-refractivity contribution in [3.63, 3.8) is 0 Å². The van der Waals surface area contributed by atoms with E-state index in [1.165, 1.54) is 32.8 Å². The molecule has 1 rings (SSSR count). The quantitative estimate of drug-likeness (QED) is 0.305. The molecule has 1 aliphatic carbocycles. The summed E-state index contributed by atoms with van der Waals surface area (Å²) in [5.41, 5.74) is 6.99. The molecule has 0 N–H and O–H groups in total. The molecule has 26 heavy (non-hydrogen) atoms. The minimum atomic E-state index is 0.156. The zero-order valence-electron chi connectivity index (χ0n) is 18.2. The zero-order chi connectivity index (χ0) is 19.9. The van der Waals surface area contributed by atoms with E-state index in [1.807, 2.05) is 11.8 Å². The molecule has 0 amide bonds. The Morgan fingerprint density at radius 1 is 1.31 bits per heavy atom. The molecule has 144 valence electrons. The van der Waals surface area contributed by atoms with Crippen LogP contribution in [0.2, 0.25) is 0 Å².